The van der Waals surface area contributed by atoms with Gasteiger partial charge < -0.3 is 10.1 Å². The molecule has 1 aromatic rings. The molecule has 112 valence electrons. The molecule has 1 aliphatic heterocycles. The molecular weight excluding hydrogens is 344 g/mol. The summed E-state index contributed by atoms with van der Waals surface area (Å²) >= 11 is 3.31. The third-order valence-corrected chi connectivity index (χ3v) is 5.83. The Kier molecular flexibility index (Phi) is 5.19. The molecule has 2 unspecified atom stereocenters. The van der Waals surface area contributed by atoms with Gasteiger partial charge in [-0.1, -0.05) is 6.07 Å². The predicted octanol–water partition coefficient (Wildman–Crippen LogP) is 1.62. The van der Waals surface area contributed by atoms with E-state index < -0.39 is 10.0 Å². The Bertz CT molecular complexity index is 577. The average Bonchev–Trinajstić information content (AvgIpc) is 2.77. The summed E-state index contributed by atoms with van der Waals surface area (Å²) in [7, 11) is -1.73. The van der Waals surface area contributed by atoms with Gasteiger partial charge in [0.25, 0.3) is 0 Å². The molecule has 2 rings (SSSR count). The van der Waals surface area contributed by atoms with Gasteiger partial charge in [0, 0.05) is 17.6 Å². The minimum absolute atomic E-state index is 0.0935. The molecule has 0 bridgehead atoms. The lowest BCUT2D eigenvalue weighted by atomic mass is 10.2. The molecule has 0 spiro atoms. The maximum absolute atomic E-state index is 12.5. The van der Waals surface area contributed by atoms with Gasteiger partial charge in [-0.15, -0.1) is 0 Å². The van der Waals surface area contributed by atoms with Gasteiger partial charge in [0.05, 0.1) is 17.0 Å². The second-order valence-corrected chi connectivity index (χ2v) is 7.42. The summed E-state index contributed by atoms with van der Waals surface area (Å²) in [4.78, 5) is 0.268. The second kappa shape index (κ2) is 6.53. The Morgan fingerprint density at radius 1 is 1.45 bits per heavy atom. The molecule has 5 nitrogen and oxygen atoms in total. The van der Waals surface area contributed by atoms with Crippen LogP contribution < -0.4 is 10.0 Å². The van der Waals surface area contributed by atoms with E-state index in [1.54, 1.807) is 12.1 Å². The first kappa shape index (κ1) is 15.9. The first-order valence-electron chi connectivity index (χ1n) is 6.51. The molecule has 1 aliphatic rings. The standard InChI is InChI=1S/C13H19BrN2O3S/c1-9-12(5-6-19-9)16-20(17,18)13-7-10(8-15-2)3-4-11(13)14/h3-4,7,9,12,15-16H,5-6,8H2,1-2H3. The molecule has 2 atom stereocenters. The van der Waals surface area contributed by atoms with Gasteiger partial charge in [-0.25, -0.2) is 13.1 Å². The number of hydrogen-bond acceptors (Lipinski definition) is 4. The van der Waals surface area contributed by atoms with Crippen LogP contribution in [-0.2, 0) is 21.3 Å². The zero-order valence-electron chi connectivity index (χ0n) is 11.5. The third kappa shape index (κ3) is 3.59. The molecular formula is C13H19BrN2O3S. The molecule has 0 aromatic heterocycles. The SMILES string of the molecule is CNCc1ccc(Br)c(S(=O)(=O)NC2CCOC2C)c1. The van der Waals surface area contributed by atoms with E-state index in [2.05, 4.69) is 26.0 Å². The van der Waals surface area contributed by atoms with Crippen LogP contribution in [0.5, 0.6) is 0 Å². The van der Waals surface area contributed by atoms with Crippen molar-refractivity contribution in [1.29, 1.82) is 0 Å². The lowest BCUT2D eigenvalue weighted by Crippen LogP contribution is -2.39. The number of sulfonamides is 1. The van der Waals surface area contributed by atoms with Crippen molar-refractivity contribution in [3.05, 3.63) is 28.2 Å². The van der Waals surface area contributed by atoms with Crippen molar-refractivity contribution in [3.63, 3.8) is 0 Å². The van der Waals surface area contributed by atoms with Crippen LogP contribution in [0.1, 0.15) is 18.9 Å². The number of halogens is 1. The monoisotopic (exact) mass is 362 g/mol. The highest BCUT2D eigenvalue weighted by Crippen LogP contribution is 2.25. The zero-order valence-corrected chi connectivity index (χ0v) is 13.9. The van der Waals surface area contributed by atoms with E-state index in [0.717, 1.165) is 5.56 Å². The molecule has 1 heterocycles. The van der Waals surface area contributed by atoms with Gasteiger partial charge >= 0.3 is 0 Å². The minimum Gasteiger partial charge on any atom is -0.377 e. The summed E-state index contributed by atoms with van der Waals surface area (Å²) in [5.74, 6) is 0. The molecule has 2 N–H and O–H groups in total. The summed E-state index contributed by atoms with van der Waals surface area (Å²) < 4.78 is 33.7. The van der Waals surface area contributed by atoms with Crippen LogP contribution in [-0.4, -0.2) is 34.2 Å². The largest absolute Gasteiger partial charge is 0.377 e. The van der Waals surface area contributed by atoms with Crippen molar-refractivity contribution in [1.82, 2.24) is 10.0 Å². The number of rotatable bonds is 5. The van der Waals surface area contributed by atoms with Crippen LogP contribution in [0, 0.1) is 0 Å². The number of nitrogens with one attached hydrogen (secondary N) is 2. The summed E-state index contributed by atoms with van der Waals surface area (Å²) in [6, 6.07) is 5.17. The van der Waals surface area contributed by atoms with Crippen LogP contribution in [0.4, 0.5) is 0 Å². The molecule has 0 amide bonds. The van der Waals surface area contributed by atoms with E-state index in [9.17, 15) is 8.42 Å². The first-order valence-corrected chi connectivity index (χ1v) is 8.78. The maximum Gasteiger partial charge on any atom is 0.242 e. The van der Waals surface area contributed by atoms with Crippen molar-refractivity contribution in [3.8, 4) is 0 Å². The molecule has 7 heteroatoms. The van der Waals surface area contributed by atoms with Crippen LogP contribution in [0.25, 0.3) is 0 Å². The second-order valence-electron chi connectivity index (χ2n) is 4.89. The third-order valence-electron chi connectivity index (χ3n) is 3.35. The van der Waals surface area contributed by atoms with Crippen LogP contribution in [0.15, 0.2) is 27.6 Å². The van der Waals surface area contributed by atoms with Gasteiger partial charge in [0.15, 0.2) is 0 Å². The summed E-state index contributed by atoms with van der Waals surface area (Å²) in [6.45, 7) is 3.10. The number of hydrogen-bond donors (Lipinski definition) is 2. The Balaban J connectivity index is 2.26. The smallest absolute Gasteiger partial charge is 0.242 e. The van der Waals surface area contributed by atoms with Gasteiger partial charge in [-0.3, -0.25) is 0 Å². The van der Waals surface area contributed by atoms with Crippen LogP contribution in [0.2, 0.25) is 0 Å². The van der Waals surface area contributed by atoms with Crippen molar-refractivity contribution in [2.45, 2.75) is 36.9 Å². The van der Waals surface area contributed by atoms with Crippen molar-refractivity contribution < 1.29 is 13.2 Å². The lowest BCUT2D eigenvalue weighted by Gasteiger charge is -2.17. The van der Waals surface area contributed by atoms with Gasteiger partial charge in [-0.2, -0.15) is 0 Å². The van der Waals surface area contributed by atoms with Crippen molar-refractivity contribution >= 4 is 26.0 Å². The van der Waals surface area contributed by atoms with Crippen molar-refractivity contribution in [2.24, 2.45) is 0 Å². The average molecular weight is 363 g/mol. The Labute approximate surface area is 128 Å². The lowest BCUT2D eigenvalue weighted by molar-refractivity contribution is 0.117. The predicted molar refractivity (Wildman–Crippen MR) is 81.0 cm³/mol. The highest BCUT2D eigenvalue weighted by Gasteiger charge is 2.30. The van der Waals surface area contributed by atoms with E-state index >= 15 is 0 Å². The number of benzene rings is 1. The van der Waals surface area contributed by atoms with E-state index in [-0.39, 0.29) is 17.0 Å². The topological polar surface area (TPSA) is 67.4 Å². The molecule has 0 radical (unpaired) electrons. The molecule has 0 aliphatic carbocycles. The highest BCUT2D eigenvalue weighted by atomic mass is 79.9. The van der Waals surface area contributed by atoms with E-state index in [0.29, 0.717) is 24.0 Å². The van der Waals surface area contributed by atoms with Crippen LogP contribution in [0.3, 0.4) is 0 Å². The Hall–Kier alpha value is -0.470. The molecule has 0 saturated carbocycles. The molecule has 1 aromatic carbocycles. The first-order chi connectivity index (χ1) is 9.44. The normalized spacial score (nSPS) is 23.1. The maximum atomic E-state index is 12.5. The summed E-state index contributed by atoms with van der Waals surface area (Å²) in [6.07, 6.45) is 0.609. The van der Waals surface area contributed by atoms with Crippen LogP contribution >= 0.6 is 15.9 Å². The van der Waals surface area contributed by atoms with Gasteiger partial charge in [-0.05, 0) is 54.0 Å². The fourth-order valence-electron chi connectivity index (χ4n) is 2.22. The molecule has 1 fully saturated rings. The number of ether oxygens (including phenoxy) is 1. The summed E-state index contributed by atoms with van der Waals surface area (Å²) in [5.41, 5.74) is 0.923. The van der Waals surface area contributed by atoms with E-state index in [4.69, 9.17) is 4.74 Å². The van der Waals surface area contributed by atoms with E-state index in [1.807, 2.05) is 20.0 Å². The minimum atomic E-state index is -3.55. The zero-order chi connectivity index (χ0) is 14.8. The fourth-order valence-corrected chi connectivity index (χ4v) is 4.57. The Morgan fingerprint density at radius 2 is 2.20 bits per heavy atom. The van der Waals surface area contributed by atoms with Gasteiger partial charge in [0.2, 0.25) is 10.0 Å². The summed E-state index contributed by atoms with van der Waals surface area (Å²) in [5, 5.41) is 3.01. The quantitative estimate of drug-likeness (QED) is 0.835. The van der Waals surface area contributed by atoms with Crippen molar-refractivity contribution in [2.75, 3.05) is 13.7 Å². The Morgan fingerprint density at radius 3 is 2.80 bits per heavy atom. The molecule has 20 heavy (non-hydrogen) atoms. The highest BCUT2D eigenvalue weighted by molar-refractivity contribution is 9.10. The van der Waals surface area contributed by atoms with E-state index in [1.165, 1.54) is 0 Å². The fraction of sp³-hybridized carbons (Fsp3) is 0.538. The van der Waals surface area contributed by atoms with Gasteiger partial charge in [0.1, 0.15) is 0 Å². The molecule has 1 saturated heterocycles.